The number of methoxy groups -OCH3 is 1. The number of nitrogen functional groups attached to an aromatic ring is 1. The van der Waals surface area contributed by atoms with E-state index < -0.39 is 0 Å². The van der Waals surface area contributed by atoms with Gasteiger partial charge in [0.15, 0.2) is 17.1 Å². The van der Waals surface area contributed by atoms with Gasteiger partial charge in [-0.05, 0) is 29.8 Å². The average Bonchev–Trinajstić information content (AvgIpc) is 3.63. The molecule has 12 nitrogen and oxygen atoms in total. The number of nitrogens with two attached hydrogens (primary N) is 1. The Kier molecular flexibility index (Phi) is 7.00. The number of fused-ring (bicyclic) bond motifs is 3. The smallest absolute Gasteiger partial charge is 0.225 e. The first-order chi connectivity index (χ1) is 19.6. The van der Waals surface area contributed by atoms with E-state index in [0.717, 1.165) is 49.2 Å². The van der Waals surface area contributed by atoms with Gasteiger partial charge in [0.1, 0.15) is 6.10 Å². The predicted molar refractivity (Wildman–Crippen MR) is 151 cm³/mol. The molecule has 40 heavy (non-hydrogen) atoms. The van der Waals surface area contributed by atoms with Crippen LogP contribution in [0.1, 0.15) is 17.2 Å². The maximum Gasteiger partial charge on any atom is 0.225 e. The molecule has 3 N–H and O–H groups in total. The fraction of sp³-hybridized carbons (Fsp3) is 0.321. The lowest BCUT2D eigenvalue weighted by atomic mass is 10.1. The van der Waals surface area contributed by atoms with Crippen molar-refractivity contribution in [2.45, 2.75) is 12.6 Å². The maximum atomic E-state index is 9.45. The van der Waals surface area contributed by atoms with Crippen LogP contribution < -0.4 is 10.6 Å². The van der Waals surface area contributed by atoms with Crippen LogP contribution in [0.25, 0.3) is 28.1 Å². The summed E-state index contributed by atoms with van der Waals surface area (Å²) in [5, 5.41) is 28.6. The van der Waals surface area contributed by atoms with Crippen LogP contribution in [-0.4, -0.2) is 85.8 Å². The number of hydrogen-bond donors (Lipinski definition) is 2. The normalized spacial score (nSPS) is 15.1. The number of ether oxygens (including phenoxy) is 1. The number of hydrogen-bond acceptors (Lipinski definition) is 10. The van der Waals surface area contributed by atoms with Gasteiger partial charge in [0.05, 0.1) is 36.4 Å². The number of aliphatic hydroxyl groups is 1. The second-order valence-corrected chi connectivity index (χ2v) is 9.77. The molecule has 0 spiro atoms. The molecule has 3 aromatic heterocycles. The Balaban J connectivity index is 1.13. The lowest BCUT2D eigenvalue weighted by Gasteiger charge is -2.36. The lowest BCUT2D eigenvalue weighted by molar-refractivity contribution is 0.0484. The minimum atomic E-state index is -0.293. The molecule has 6 rings (SSSR count). The number of benzene rings is 2. The van der Waals surface area contributed by atoms with Gasteiger partial charge < -0.3 is 20.5 Å². The molecular formula is C28H30N10O2. The van der Waals surface area contributed by atoms with E-state index in [4.69, 9.17) is 15.5 Å². The second kappa shape index (κ2) is 10.9. The Labute approximate surface area is 230 Å². The lowest BCUT2D eigenvalue weighted by Crippen LogP contribution is -2.47. The van der Waals surface area contributed by atoms with Crippen LogP contribution in [0.15, 0.2) is 54.7 Å². The highest BCUT2D eigenvalue weighted by atomic mass is 16.5. The highest BCUT2D eigenvalue weighted by Crippen LogP contribution is 2.25. The number of aromatic nitrogens is 6. The Morgan fingerprint density at radius 3 is 2.58 bits per heavy atom. The molecule has 1 fully saturated rings. The van der Waals surface area contributed by atoms with E-state index in [1.165, 1.54) is 10.2 Å². The molecule has 4 heterocycles. The van der Waals surface area contributed by atoms with Crippen molar-refractivity contribution in [1.29, 1.82) is 5.26 Å². The summed E-state index contributed by atoms with van der Waals surface area (Å²) in [5.74, 6) is 0.708. The van der Waals surface area contributed by atoms with Gasteiger partial charge >= 0.3 is 0 Å². The summed E-state index contributed by atoms with van der Waals surface area (Å²) in [6.07, 6.45) is 1.46. The van der Waals surface area contributed by atoms with Crippen LogP contribution in [0.2, 0.25) is 0 Å². The molecule has 5 aromatic rings. The molecule has 1 saturated heterocycles. The van der Waals surface area contributed by atoms with Gasteiger partial charge in [-0.3, -0.25) is 4.90 Å². The molecule has 0 aliphatic carbocycles. The summed E-state index contributed by atoms with van der Waals surface area (Å²) in [5.41, 5.74) is 10.9. The zero-order chi connectivity index (χ0) is 27.6. The van der Waals surface area contributed by atoms with E-state index in [1.54, 1.807) is 31.5 Å². The van der Waals surface area contributed by atoms with Crippen LogP contribution in [0, 0.1) is 11.3 Å². The van der Waals surface area contributed by atoms with Crippen LogP contribution >= 0.6 is 0 Å². The number of rotatable bonds is 8. The zero-order valence-corrected chi connectivity index (χ0v) is 22.2. The van der Waals surface area contributed by atoms with E-state index in [0.29, 0.717) is 29.2 Å². The fourth-order valence-corrected chi connectivity index (χ4v) is 5.15. The van der Waals surface area contributed by atoms with Crippen molar-refractivity contribution in [3.63, 3.8) is 0 Å². The van der Waals surface area contributed by atoms with Crippen molar-refractivity contribution in [3.8, 4) is 17.5 Å². The number of nitriles is 1. The predicted octanol–water partition coefficient (Wildman–Crippen LogP) is 2.10. The van der Waals surface area contributed by atoms with Crippen molar-refractivity contribution in [3.05, 3.63) is 65.9 Å². The molecular weight excluding hydrogens is 508 g/mol. The fourth-order valence-electron chi connectivity index (χ4n) is 5.15. The Morgan fingerprint density at radius 2 is 1.85 bits per heavy atom. The number of aliphatic hydroxyl groups excluding tert-OH is 1. The van der Waals surface area contributed by atoms with Gasteiger partial charge in [-0.1, -0.05) is 24.3 Å². The van der Waals surface area contributed by atoms with E-state index in [9.17, 15) is 10.4 Å². The first-order valence-electron chi connectivity index (χ1n) is 13.2. The van der Waals surface area contributed by atoms with Crippen molar-refractivity contribution >= 4 is 28.3 Å². The Hall–Kier alpha value is -4.57. The SMILES string of the molecule is CO[C@H](CO)c1ccc(N2CCN(CCn3ncc4c3nc(N)n3nc(-c5cccc(C#N)c5)nc43)CC2)cc1. The Bertz CT molecular complexity index is 1680. The molecule has 0 saturated carbocycles. The third-order valence-corrected chi connectivity index (χ3v) is 7.43. The first kappa shape index (κ1) is 25.7. The van der Waals surface area contributed by atoms with E-state index in [-0.39, 0.29) is 18.7 Å². The number of piperazine rings is 1. The zero-order valence-electron chi connectivity index (χ0n) is 22.2. The molecule has 0 amide bonds. The third-order valence-electron chi connectivity index (χ3n) is 7.43. The van der Waals surface area contributed by atoms with Crippen molar-refractivity contribution in [2.75, 3.05) is 57.1 Å². The summed E-state index contributed by atoms with van der Waals surface area (Å²) >= 11 is 0. The van der Waals surface area contributed by atoms with E-state index in [1.807, 2.05) is 22.9 Å². The third kappa shape index (κ3) is 4.82. The Morgan fingerprint density at radius 1 is 1.05 bits per heavy atom. The molecule has 0 unspecified atom stereocenters. The quantitative estimate of drug-likeness (QED) is 0.301. The highest BCUT2D eigenvalue weighted by Gasteiger charge is 2.20. The molecule has 1 aliphatic heterocycles. The highest BCUT2D eigenvalue weighted by molar-refractivity contribution is 5.90. The van der Waals surface area contributed by atoms with Crippen LogP contribution in [0.5, 0.6) is 0 Å². The standard InChI is InChI=1S/C28H30N10O2/c1-40-24(18-39)20-5-7-22(8-6-20)36-12-9-35(10-13-36)11-14-37-26-23(17-31-37)27-32-25(34-38(27)28(30)33-26)21-4-2-3-19(15-21)16-29/h2-8,15,17,24,39H,9-14,18H2,1H3,(H2,30,33)/t24-/m1/s1. The van der Waals surface area contributed by atoms with Gasteiger partial charge in [-0.2, -0.15) is 19.9 Å². The van der Waals surface area contributed by atoms with Gasteiger partial charge in [0, 0.05) is 51.1 Å². The molecule has 204 valence electrons. The van der Waals surface area contributed by atoms with Crippen molar-refractivity contribution < 1.29 is 9.84 Å². The first-order valence-corrected chi connectivity index (χ1v) is 13.2. The summed E-state index contributed by atoms with van der Waals surface area (Å²) in [6, 6.07) is 17.5. The molecule has 0 radical (unpaired) electrons. The monoisotopic (exact) mass is 538 g/mol. The van der Waals surface area contributed by atoms with Crippen molar-refractivity contribution in [2.24, 2.45) is 0 Å². The number of anilines is 2. The van der Waals surface area contributed by atoms with E-state index in [2.05, 4.69) is 43.2 Å². The maximum absolute atomic E-state index is 9.45. The van der Waals surface area contributed by atoms with E-state index >= 15 is 0 Å². The van der Waals surface area contributed by atoms with Gasteiger partial charge in [-0.15, -0.1) is 5.10 Å². The second-order valence-electron chi connectivity index (χ2n) is 9.77. The van der Waals surface area contributed by atoms with Crippen molar-refractivity contribution in [1.82, 2.24) is 34.3 Å². The molecule has 12 heteroatoms. The molecule has 0 bridgehead atoms. The largest absolute Gasteiger partial charge is 0.393 e. The average molecular weight is 539 g/mol. The van der Waals surface area contributed by atoms with Gasteiger partial charge in [0.2, 0.25) is 5.95 Å². The summed E-state index contributed by atoms with van der Waals surface area (Å²) in [7, 11) is 1.61. The summed E-state index contributed by atoms with van der Waals surface area (Å²) < 4.78 is 8.71. The summed E-state index contributed by atoms with van der Waals surface area (Å²) in [6.45, 7) is 5.20. The molecule has 1 atom stereocenters. The van der Waals surface area contributed by atoms with Crippen LogP contribution in [-0.2, 0) is 11.3 Å². The minimum absolute atomic E-state index is 0.0368. The number of nitrogens with zero attached hydrogens (tertiary/aromatic N) is 9. The van der Waals surface area contributed by atoms with Gasteiger partial charge in [-0.25, -0.2) is 9.67 Å². The molecule has 1 aliphatic rings. The minimum Gasteiger partial charge on any atom is -0.393 e. The van der Waals surface area contributed by atoms with Crippen LogP contribution in [0.4, 0.5) is 11.6 Å². The topological polar surface area (TPSA) is 147 Å². The van der Waals surface area contributed by atoms with Gasteiger partial charge in [0.25, 0.3) is 0 Å². The summed E-state index contributed by atoms with van der Waals surface area (Å²) in [4.78, 5) is 14.1. The molecule has 2 aromatic carbocycles. The van der Waals surface area contributed by atoms with Crippen LogP contribution in [0.3, 0.4) is 0 Å².